The zero-order chi connectivity index (χ0) is 14.3. The second-order valence-corrected chi connectivity index (χ2v) is 5.96. The van der Waals surface area contributed by atoms with Gasteiger partial charge >= 0.3 is 5.97 Å². The standard InChI is InChI=1S/C14H21NO3S/c1-10(2)12(14(17)18)9-15-13(16)7-3-5-11-6-4-8-19-11/h4,6,8,10,12H,3,5,7,9H2,1-2H3,(H,15,16)(H,17,18). The molecule has 106 valence electrons. The van der Waals surface area contributed by atoms with Crippen molar-refractivity contribution in [1.82, 2.24) is 5.32 Å². The molecular formula is C14H21NO3S. The molecule has 0 aromatic carbocycles. The van der Waals surface area contributed by atoms with Crippen LogP contribution in [0, 0.1) is 11.8 Å². The number of carboxylic acid groups (broad SMARTS) is 1. The summed E-state index contributed by atoms with van der Waals surface area (Å²) >= 11 is 1.69. The summed E-state index contributed by atoms with van der Waals surface area (Å²) in [6.07, 6.45) is 2.14. The van der Waals surface area contributed by atoms with Crippen molar-refractivity contribution in [3.63, 3.8) is 0 Å². The molecule has 1 rings (SSSR count). The Bertz CT molecular complexity index is 401. The molecule has 0 spiro atoms. The average Bonchev–Trinajstić information content (AvgIpc) is 2.81. The minimum absolute atomic E-state index is 0.0175. The molecular weight excluding hydrogens is 262 g/mol. The minimum atomic E-state index is -0.853. The molecule has 0 saturated heterocycles. The first-order valence-corrected chi connectivity index (χ1v) is 7.40. The fourth-order valence-corrected chi connectivity index (χ4v) is 2.55. The first-order chi connectivity index (χ1) is 9.00. The number of rotatable bonds is 8. The summed E-state index contributed by atoms with van der Waals surface area (Å²) in [5.74, 6) is -1.41. The molecule has 0 aliphatic rings. The fraction of sp³-hybridized carbons (Fsp3) is 0.571. The molecule has 1 aromatic rings. The van der Waals surface area contributed by atoms with Gasteiger partial charge in [-0.2, -0.15) is 0 Å². The number of thiophene rings is 1. The van der Waals surface area contributed by atoms with Gasteiger partial charge < -0.3 is 10.4 Å². The molecule has 1 aromatic heterocycles. The monoisotopic (exact) mass is 283 g/mol. The summed E-state index contributed by atoms with van der Waals surface area (Å²) in [6, 6.07) is 4.06. The van der Waals surface area contributed by atoms with Crippen molar-refractivity contribution >= 4 is 23.2 Å². The first-order valence-electron chi connectivity index (χ1n) is 6.52. The third kappa shape index (κ3) is 5.87. The van der Waals surface area contributed by atoms with E-state index < -0.39 is 11.9 Å². The van der Waals surface area contributed by atoms with Crippen molar-refractivity contribution in [2.45, 2.75) is 33.1 Å². The van der Waals surface area contributed by atoms with E-state index in [-0.39, 0.29) is 18.4 Å². The normalized spacial score (nSPS) is 12.4. The van der Waals surface area contributed by atoms with Crippen LogP contribution in [0.4, 0.5) is 0 Å². The van der Waals surface area contributed by atoms with Crippen molar-refractivity contribution < 1.29 is 14.7 Å². The highest BCUT2D eigenvalue weighted by molar-refractivity contribution is 7.09. The maximum Gasteiger partial charge on any atom is 0.308 e. The van der Waals surface area contributed by atoms with Crippen LogP contribution in [0.1, 0.15) is 31.6 Å². The average molecular weight is 283 g/mol. The van der Waals surface area contributed by atoms with Crippen molar-refractivity contribution in [1.29, 1.82) is 0 Å². The van der Waals surface area contributed by atoms with E-state index in [9.17, 15) is 9.59 Å². The van der Waals surface area contributed by atoms with Crippen LogP contribution < -0.4 is 5.32 Å². The maximum absolute atomic E-state index is 11.6. The van der Waals surface area contributed by atoms with Crippen LogP contribution in [-0.4, -0.2) is 23.5 Å². The zero-order valence-corrected chi connectivity index (χ0v) is 12.2. The van der Waals surface area contributed by atoms with Crippen molar-refractivity contribution in [3.8, 4) is 0 Å². The lowest BCUT2D eigenvalue weighted by Gasteiger charge is -2.16. The number of carboxylic acids is 1. The lowest BCUT2D eigenvalue weighted by Crippen LogP contribution is -2.35. The zero-order valence-electron chi connectivity index (χ0n) is 11.4. The Labute approximate surface area is 117 Å². The molecule has 2 N–H and O–H groups in total. The Morgan fingerprint density at radius 1 is 1.42 bits per heavy atom. The smallest absolute Gasteiger partial charge is 0.308 e. The molecule has 5 heteroatoms. The van der Waals surface area contributed by atoms with Crippen LogP contribution in [0.15, 0.2) is 17.5 Å². The molecule has 4 nitrogen and oxygen atoms in total. The molecule has 0 aliphatic carbocycles. The number of carbonyl (C=O) groups excluding carboxylic acids is 1. The third-order valence-electron chi connectivity index (χ3n) is 3.05. The van der Waals surface area contributed by atoms with Crippen LogP contribution in [0.25, 0.3) is 0 Å². The Morgan fingerprint density at radius 2 is 2.16 bits per heavy atom. The number of hydrogen-bond acceptors (Lipinski definition) is 3. The lowest BCUT2D eigenvalue weighted by atomic mass is 9.96. The summed E-state index contributed by atoms with van der Waals surface area (Å²) in [7, 11) is 0. The summed E-state index contributed by atoms with van der Waals surface area (Å²) in [5, 5.41) is 13.7. The molecule has 19 heavy (non-hydrogen) atoms. The van der Waals surface area contributed by atoms with Crippen molar-refractivity contribution in [2.24, 2.45) is 11.8 Å². The van der Waals surface area contributed by atoms with Gasteiger partial charge in [0.2, 0.25) is 5.91 Å². The molecule has 0 saturated carbocycles. The van der Waals surface area contributed by atoms with Crippen LogP contribution >= 0.6 is 11.3 Å². The highest BCUT2D eigenvalue weighted by Crippen LogP contribution is 2.12. The van der Waals surface area contributed by atoms with Gasteiger partial charge in [-0.25, -0.2) is 0 Å². The largest absolute Gasteiger partial charge is 0.481 e. The van der Waals surface area contributed by atoms with Crippen LogP contribution in [0.5, 0.6) is 0 Å². The second-order valence-electron chi connectivity index (χ2n) is 4.93. The van der Waals surface area contributed by atoms with E-state index in [1.54, 1.807) is 11.3 Å². The number of hydrogen-bond donors (Lipinski definition) is 2. The predicted molar refractivity (Wildman–Crippen MR) is 76.2 cm³/mol. The lowest BCUT2D eigenvalue weighted by molar-refractivity contribution is -0.143. The highest BCUT2D eigenvalue weighted by Gasteiger charge is 2.21. The number of amides is 1. The number of aryl methyl sites for hydroxylation is 1. The maximum atomic E-state index is 11.6. The predicted octanol–water partition coefficient (Wildman–Crippen LogP) is 2.54. The van der Waals surface area contributed by atoms with Gasteiger partial charge in [0.1, 0.15) is 0 Å². The van der Waals surface area contributed by atoms with Crippen molar-refractivity contribution in [2.75, 3.05) is 6.54 Å². The van der Waals surface area contributed by atoms with E-state index >= 15 is 0 Å². The first kappa shape index (κ1) is 15.7. The van der Waals surface area contributed by atoms with Gasteiger partial charge in [0.15, 0.2) is 0 Å². The topological polar surface area (TPSA) is 66.4 Å². The molecule has 1 heterocycles. The molecule has 0 radical (unpaired) electrons. The van der Waals surface area contributed by atoms with E-state index in [0.717, 1.165) is 12.8 Å². The van der Waals surface area contributed by atoms with E-state index in [2.05, 4.69) is 11.4 Å². The van der Waals surface area contributed by atoms with Crippen LogP contribution in [0.3, 0.4) is 0 Å². The van der Waals surface area contributed by atoms with Gasteiger partial charge in [-0.3, -0.25) is 9.59 Å². The number of carbonyl (C=O) groups is 2. The Hall–Kier alpha value is -1.36. The molecule has 1 unspecified atom stereocenters. The Balaban J connectivity index is 2.22. The molecule has 1 atom stereocenters. The van der Waals surface area contributed by atoms with Gasteiger partial charge in [0.05, 0.1) is 5.92 Å². The molecule has 0 bridgehead atoms. The third-order valence-corrected chi connectivity index (χ3v) is 3.98. The molecule has 0 fully saturated rings. The second kappa shape index (κ2) is 7.94. The summed E-state index contributed by atoms with van der Waals surface area (Å²) in [4.78, 5) is 23.9. The van der Waals surface area contributed by atoms with E-state index in [1.165, 1.54) is 4.88 Å². The van der Waals surface area contributed by atoms with Crippen molar-refractivity contribution in [3.05, 3.63) is 22.4 Å². The minimum Gasteiger partial charge on any atom is -0.481 e. The SMILES string of the molecule is CC(C)C(CNC(=O)CCCc1cccs1)C(=O)O. The summed E-state index contributed by atoms with van der Waals surface area (Å²) in [6.45, 7) is 3.91. The van der Waals surface area contributed by atoms with E-state index in [1.807, 2.05) is 25.3 Å². The number of aliphatic carboxylic acids is 1. The van der Waals surface area contributed by atoms with Gasteiger partial charge in [0.25, 0.3) is 0 Å². The van der Waals surface area contributed by atoms with Gasteiger partial charge in [-0.15, -0.1) is 11.3 Å². The summed E-state index contributed by atoms with van der Waals surface area (Å²) in [5.41, 5.74) is 0. The molecule has 0 aliphatic heterocycles. The Kier molecular flexibility index (Phi) is 6.56. The summed E-state index contributed by atoms with van der Waals surface area (Å²) < 4.78 is 0. The van der Waals surface area contributed by atoms with Gasteiger partial charge in [0, 0.05) is 17.8 Å². The van der Waals surface area contributed by atoms with Crippen LogP contribution in [0.2, 0.25) is 0 Å². The Morgan fingerprint density at radius 3 is 2.68 bits per heavy atom. The number of nitrogens with one attached hydrogen (secondary N) is 1. The fourth-order valence-electron chi connectivity index (χ4n) is 1.80. The van der Waals surface area contributed by atoms with E-state index in [4.69, 9.17) is 5.11 Å². The van der Waals surface area contributed by atoms with E-state index in [0.29, 0.717) is 6.42 Å². The highest BCUT2D eigenvalue weighted by atomic mass is 32.1. The quantitative estimate of drug-likeness (QED) is 0.770. The van der Waals surface area contributed by atoms with Gasteiger partial charge in [-0.1, -0.05) is 19.9 Å². The van der Waals surface area contributed by atoms with Crippen LogP contribution in [-0.2, 0) is 16.0 Å². The van der Waals surface area contributed by atoms with Gasteiger partial charge in [-0.05, 0) is 30.2 Å². The molecule has 1 amide bonds.